The number of phenolic OH excluding ortho intramolecular Hbond substituents is 2. The average Bonchev–Trinajstić information content (AvgIpc) is 2.73. The molecule has 0 fully saturated rings. The Labute approximate surface area is 206 Å². The molecule has 0 spiro atoms. The Kier molecular flexibility index (Phi) is 15.6. The second kappa shape index (κ2) is 17.3. The van der Waals surface area contributed by atoms with Crippen LogP contribution in [0.5, 0.6) is 11.5 Å². The smallest absolute Gasteiger partial charge is 0.122 e. The molecular formula is C31H56O2. The van der Waals surface area contributed by atoms with Crippen molar-refractivity contribution in [2.24, 2.45) is 23.7 Å². The zero-order valence-corrected chi connectivity index (χ0v) is 23.0. The highest BCUT2D eigenvalue weighted by Gasteiger charge is 2.13. The van der Waals surface area contributed by atoms with Crippen molar-refractivity contribution in [2.45, 2.75) is 138 Å². The molecule has 1 aromatic rings. The standard InChI is InChI=1S/C31H56O2/c1-7-8-9-19-28-22-30(32)29(31(33)23-28)21-20-27(6)18-12-17-26(5)16-11-15-25(4)14-10-13-24(2)3/h22-27,32-33H,7-21H2,1-6H3. The van der Waals surface area contributed by atoms with Crippen molar-refractivity contribution in [3.05, 3.63) is 23.3 Å². The van der Waals surface area contributed by atoms with Gasteiger partial charge in [-0.2, -0.15) is 0 Å². The van der Waals surface area contributed by atoms with E-state index in [0.29, 0.717) is 5.92 Å². The average molecular weight is 461 g/mol. The van der Waals surface area contributed by atoms with E-state index in [0.717, 1.165) is 54.6 Å². The Balaban J connectivity index is 2.22. The highest BCUT2D eigenvalue weighted by atomic mass is 16.3. The van der Waals surface area contributed by atoms with E-state index in [9.17, 15) is 10.2 Å². The number of rotatable bonds is 19. The van der Waals surface area contributed by atoms with Gasteiger partial charge in [0, 0.05) is 5.56 Å². The molecule has 33 heavy (non-hydrogen) atoms. The third kappa shape index (κ3) is 14.0. The SMILES string of the molecule is CCCCCc1cc(O)c(CCC(C)CCCC(C)CCCC(C)CCCC(C)C)c(O)c1. The first-order valence-electron chi connectivity index (χ1n) is 14.3. The summed E-state index contributed by atoms with van der Waals surface area (Å²) in [6.45, 7) is 14.0. The van der Waals surface area contributed by atoms with Crippen molar-refractivity contribution in [1.29, 1.82) is 0 Å². The minimum absolute atomic E-state index is 0.278. The molecule has 0 aliphatic rings. The molecule has 0 aromatic heterocycles. The molecule has 3 atom stereocenters. The lowest BCUT2D eigenvalue weighted by atomic mass is 9.90. The summed E-state index contributed by atoms with van der Waals surface area (Å²) in [4.78, 5) is 0. The molecular weight excluding hydrogens is 404 g/mol. The summed E-state index contributed by atoms with van der Waals surface area (Å²) in [7, 11) is 0. The first kappa shape index (κ1) is 29.9. The molecule has 0 radical (unpaired) electrons. The first-order valence-corrected chi connectivity index (χ1v) is 14.3. The van der Waals surface area contributed by atoms with Crippen LogP contribution in [0, 0.1) is 23.7 Å². The van der Waals surface area contributed by atoms with Crippen LogP contribution in [0.4, 0.5) is 0 Å². The molecule has 1 rings (SSSR count). The fourth-order valence-electron chi connectivity index (χ4n) is 5.01. The van der Waals surface area contributed by atoms with Crippen LogP contribution in [0.15, 0.2) is 12.1 Å². The molecule has 0 heterocycles. The predicted molar refractivity (Wildman–Crippen MR) is 145 cm³/mol. The van der Waals surface area contributed by atoms with E-state index in [1.165, 1.54) is 70.6 Å². The van der Waals surface area contributed by atoms with Crippen LogP contribution in [0.2, 0.25) is 0 Å². The second-order valence-electron chi connectivity index (χ2n) is 11.6. The lowest BCUT2D eigenvalue weighted by molar-refractivity contribution is 0.373. The molecule has 192 valence electrons. The molecule has 3 unspecified atom stereocenters. The van der Waals surface area contributed by atoms with Gasteiger partial charge in [0.05, 0.1) is 0 Å². The first-order chi connectivity index (χ1) is 15.7. The molecule has 0 saturated carbocycles. The van der Waals surface area contributed by atoms with Crippen LogP contribution in [-0.2, 0) is 12.8 Å². The molecule has 0 aliphatic heterocycles. The summed E-state index contributed by atoms with van der Waals surface area (Å²) < 4.78 is 0. The molecule has 0 saturated heterocycles. The van der Waals surface area contributed by atoms with Crippen molar-refractivity contribution < 1.29 is 10.2 Å². The normalized spacial score (nSPS) is 14.5. The van der Waals surface area contributed by atoms with Gasteiger partial charge in [-0.3, -0.25) is 0 Å². The van der Waals surface area contributed by atoms with Gasteiger partial charge < -0.3 is 10.2 Å². The third-order valence-electron chi connectivity index (χ3n) is 7.48. The van der Waals surface area contributed by atoms with E-state index in [4.69, 9.17) is 0 Å². The van der Waals surface area contributed by atoms with Crippen molar-refractivity contribution in [3.8, 4) is 11.5 Å². The van der Waals surface area contributed by atoms with Gasteiger partial charge in [0.2, 0.25) is 0 Å². The zero-order valence-electron chi connectivity index (χ0n) is 23.0. The Hall–Kier alpha value is -1.18. The Bertz CT molecular complexity index is 598. The number of unbranched alkanes of at least 4 members (excludes halogenated alkanes) is 2. The van der Waals surface area contributed by atoms with E-state index in [-0.39, 0.29) is 11.5 Å². The summed E-state index contributed by atoms with van der Waals surface area (Å²) in [5, 5.41) is 20.8. The third-order valence-corrected chi connectivity index (χ3v) is 7.48. The summed E-state index contributed by atoms with van der Waals surface area (Å²) in [5.41, 5.74) is 1.78. The Morgan fingerprint density at radius 2 is 1.03 bits per heavy atom. The largest absolute Gasteiger partial charge is 0.508 e. The van der Waals surface area contributed by atoms with Gasteiger partial charge in [0.15, 0.2) is 0 Å². The fourth-order valence-corrected chi connectivity index (χ4v) is 5.01. The lowest BCUT2D eigenvalue weighted by Crippen LogP contribution is -2.02. The Morgan fingerprint density at radius 1 is 0.576 bits per heavy atom. The number of hydrogen-bond donors (Lipinski definition) is 2. The maximum atomic E-state index is 10.4. The fraction of sp³-hybridized carbons (Fsp3) is 0.806. The second-order valence-corrected chi connectivity index (χ2v) is 11.6. The topological polar surface area (TPSA) is 40.5 Å². The minimum atomic E-state index is 0.278. The van der Waals surface area contributed by atoms with Crippen molar-refractivity contribution in [3.63, 3.8) is 0 Å². The summed E-state index contributed by atoms with van der Waals surface area (Å²) in [6.07, 6.45) is 18.4. The van der Waals surface area contributed by atoms with Crippen molar-refractivity contribution in [2.75, 3.05) is 0 Å². The molecule has 2 heteroatoms. The van der Waals surface area contributed by atoms with Crippen LogP contribution < -0.4 is 0 Å². The van der Waals surface area contributed by atoms with Crippen LogP contribution in [0.1, 0.15) is 136 Å². The minimum Gasteiger partial charge on any atom is -0.508 e. The number of phenols is 2. The number of benzene rings is 1. The van der Waals surface area contributed by atoms with Gasteiger partial charge >= 0.3 is 0 Å². The van der Waals surface area contributed by atoms with E-state index in [1.807, 2.05) is 12.1 Å². The quantitative estimate of drug-likeness (QED) is 0.202. The summed E-state index contributed by atoms with van der Waals surface area (Å²) in [5.74, 6) is 3.74. The number of hydrogen-bond acceptors (Lipinski definition) is 2. The van der Waals surface area contributed by atoms with Crippen LogP contribution in [-0.4, -0.2) is 10.2 Å². The zero-order chi connectivity index (χ0) is 24.6. The van der Waals surface area contributed by atoms with Gasteiger partial charge in [-0.05, 0) is 67.1 Å². The van der Waals surface area contributed by atoms with Crippen LogP contribution in [0.3, 0.4) is 0 Å². The summed E-state index contributed by atoms with van der Waals surface area (Å²) >= 11 is 0. The van der Waals surface area contributed by atoms with Crippen molar-refractivity contribution in [1.82, 2.24) is 0 Å². The van der Waals surface area contributed by atoms with E-state index >= 15 is 0 Å². The summed E-state index contributed by atoms with van der Waals surface area (Å²) in [6, 6.07) is 3.73. The lowest BCUT2D eigenvalue weighted by Gasteiger charge is -2.17. The molecule has 0 bridgehead atoms. The maximum absolute atomic E-state index is 10.4. The van der Waals surface area contributed by atoms with Crippen LogP contribution >= 0.6 is 0 Å². The maximum Gasteiger partial charge on any atom is 0.122 e. The number of aromatic hydroxyl groups is 2. The highest BCUT2D eigenvalue weighted by molar-refractivity contribution is 5.46. The predicted octanol–water partition coefficient (Wildman–Crippen LogP) is 9.84. The monoisotopic (exact) mass is 460 g/mol. The Morgan fingerprint density at radius 3 is 1.48 bits per heavy atom. The van der Waals surface area contributed by atoms with E-state index < -0.39 is 0 Å². The molecule has 2 N–H and O–H groups in total. The molecule has 2 nitrogen and oxygen atoms in total. The molecule has 0 aliphatic carbocycles. The van der Waals surface area contributed by atoms with Crippen molar-refractivity contribution >= 4 is 0 Å². The van der Waals surface area contributed by atoms with Crippen LogP contribution in [0.25, 0.3) is 0 Å². The van der Waals surface area contributed by atoms with Gasteiger partial charge in [-0.15, -0.1) is 0 Å². The number of aryl methyl sites for hydroxylation is 1. The molecule has 0 amide bonds. The van der Waals surface area contributed by atoms with Gasteiger partial charge in [-0.1, -0.05) is 112 Å². The van der Waals surface area contributed by atoms with Gasteiger partial charge in [0.25, 0.3) is 0 Å². The van der Waals surface area contributed by atoms with Gasteiger partial charge in [0.1, 0.15) is 11.5 Å². The van der Waals surface area contributed by atoms with E-state index in [1.54, 1.807) is 0 Å². The molecule has 1 aromatic carbocycles. The highest BCUT2D eigenvalue weighted by Crippen LogP contribution is 2.32. The van der Waals surface area contributed by atoms with E-state index in [2.05, 4.69) is 41.5 Å². The van der Waals surface area contributed by atoms with Gasteiger partial charge in [-0.25, -0.2) is 0 Å².